The first-order valence-electron chi connectivity index (χ1n) is 8.16. The number of rotatable bonds is 5. The lowest BCUT2D eigenvalue weighted by Crippen LogP contribution is -2.26. The second kappa shape index (κ2) is 7.29. The number of esters is 1. The highest BCUT2D eigenvalue weighted by Gasteiger charge is 2.39. The predicted molar refractivity (Wildman–Crippen MR) is 96.8 cm³/mol. The van der Waals surface area contributed by atoms with Gasteiger partial charge in [0.25, 0.3) is 0 Å². The average Bonchev–Trinajstić information content (AvgIpc) is 3.07. The highest BCUT2D eigenvalue weighted by Crippen LogP contribution is 2.32. The van der Waals surface area contributed by atoms with Crippen molar-refractivity contribution in [1.82, 2.24) is 0 Å². The molecule has 7 heteroatoms. The van der Waals surface area contributed by atoms with Crippen molar-refractivity contribution in [3.63, 3.8) is 0 Å². The van der Waals surface area contributed by atoms with Crippen LogP contribution in [0, 0.1) is 0 Å². The third kappa shape index (κ3) is 3.77. The summed E-state index contributed by atoms with van der Waals surface area (Å²) >= 11 is 0. The van der Waals surface area contributed by atoms with Crippen molar-refractivity contribution >= 4 is 21.7 Å². The van der Waals surface area contributed by atoms with Crippen LogP contribution in [0.15, 0.2) is 64.5 Å². The summed E-state index contributed by atoms with van der Waals surface area (Å²) in [7, 11) is -3.30. The minimum Gasteiger partial charge on any atom is -0.466 e. The Hall–Kier alpha value is -2.67. The van der Waals surface area contributed by atoms with Crippen molar-refractivity contribution in [2.45, 2.75) is 24.0 Å². The molecule has 1 aliphatic rings. The number of hydrogen-bond acceptors (Lipinski definition) is 6. The summed E-state index contributed by atoms with van der Waals surface area (Å²) in [5.41, 5.74) is 1.42. The third-order valence-corrected chi connectivity index (χ3v) is 5.10. The van der Waals surface area contributed by atoms with Gasteiger partial charge < -0.3 is 9.47 Å². The number of hydrogen-bond donors (Lipinski definition) is 0. The lowest BCUT2D eigenvalue weighted by Gasteiger charge is -2.17. The fraction of sp³-hybridized carbons (Fsp3) is 0.263. The van der Waals surface area contributed by atoms with Crippen molar-refractivity contribution in [2.75, 3.05) is 12.9 Å². The van der Waals surface area contributed by atoms with E-state index < -0.39 is 28.0 Å². The first-order chi connectivity index (χ1) is 12.4. The Balaban J connectivity index is 1.93. The van der Waals surface area contributed by atoms with Gasteiger partial charge in [-0.3, -0.25) is 0 Å². The van der Waals surface area contributed by atoms with Gasteiger partial charge in [0.1, 0.15) is 0 Å². The molecule has 0 radical (unpaired) electrons. The lowest BCUT2D eigenvalue weighted by molar-refractivity contribution is -0.146. The van der Waals surface area contributed by atoms with E-state index in [1.54, 1.807) is 19.1 Å². The molecule has 0 saturated carbocycles. The average molecular weight is 373 g/mol. The zero-order chi connectivity index (χ0) is 18.7. The van der Waals surface area contributed by atoms with Crippen molar-refractivity contribution in [3.05, 3.63) is 65.7 Å². The van der Waals surface area contributed by atoms with Gasteiger partial charge in [0.05, 0.1) is 11.5 Å². The molecule has 2 unspecified atom stereocenters. The molecule has 2 aromatic rings. The number of benzene rings is 2. The smallest absolute Gasteiger partial charge is 0.335 e. The number of aliphatic imine (C=N–C) groups is 1. The van der Waals surface area contributed by atoms with Gasteiger partial charge in [-0.25, -0.2) is 18.2 Å². The summed E-state index contributed by atoms with van der Waals surface area (Å²) in [4.78, 5) is 16.9. The summed E-state index contributed by atoms with van der Waals surface area (Å²) in [5, 5.41) is 0. The number of sulfone groups is 1. The maximum Gasteiger partial charge on any atom is 0.335 e. The van der Waals surface area contributed by atoms with Crippen molar-refractivity contribution in [1.29, 1.82) is 0 Å². The van der Waals surface area contributed by atoms with E-state index in [2.05, 4.69) is 4.99 Å². The normalized spacial score (nSPS) is 19.5. The molecule has 136 valence electrons. The maximum atomic E-state index is 12.3. The molecule has 2 aromatic carbocycles. The molecule has 0 amide bonds. The van der Waals surface area contributed by atoms with E-state index in [4.69, 9.17) is 9.47 Å². The Bertz CT molecular complexity index is 920. The summed E-state index contributed by atoms with van der Waals surface area (Å²) in [6.45, 7) is 1.97. The van der Waals surface area contributed by atoms with Crippen LogP contribution in [-0.2, 0) is 24.1 Å². The zero-order valence-electron chi connectivity index (χ0n) is 14.5. The topological polar surface area (TPSA) is 82.0 Å². The summed E-state index contributed by atoms with van der Waals surface area (Å²) in [6.07, 6.45) is 0.476. The van der Waals surface area contributed by atoms with Gasteiger partial charge in [-0.05, 0) is 36.8 Å². The molecular formula is C19H19NO5S. The van der Waals surface area contributed by atoms with E-state index in [9.17, 15) is 13.2 Å². The molecule has 2 atom stereocenters. The Kier molecular flexibility index (Phi) is 5.08. The standard InChI is InChI=1S/C19H19NO5S/c1-3-24-19(21)16-17(13-9-11-15(12-10-13)26(2,22)23)25-18(20-16)14-7-5-4-6-8-14/h4-12,16-17H,3H2,1-2H3. The van der Waals surface area contributed by atoms with Gasteiger partial charge in [-0.2, -0.15) is 0 Å². The fourth-order valence-corrected chi connectivity index (χ4v) is 3.32. The largest absolute Gasteiger partial charge is 0.466 e. The summed E-state index contributed by atoms with van der Waals surface area (Å²) in [5.74, 6) is -0.114. The Morgan fingerprint density at radius 2 is 1.77 bits per heavy atom. The second-order valence-corrected chi connectivity index (χ2v) is 7.89. The van der Waals surface area contributed by atoms with Crippen LogP contribution in [0.3, 0.4) is 0 Å². The van der Waals surface area contributed by atoms with E-state index in [-0.39, 0.29) is 11.5 Å². The van der Waals surface area contributed by atoms with Gasteiger partial charge in [0.15, 0.2) is 22.0 Å². The number of ether oxygens (including phenoxy) is 2. The zero-order valence-corrected chi connectivity index (χ0v) is 15.3. The SMILES string of the molecule is CCOC(=O)C1N=C(c2ccccc2)OC1c1ccc(S(C)(=O)=O)cc1. The van der Waals surface area contributed by atoms with Gasteiger partial charge in [0.2, 0.25) is 5.90 Å². The first-order valence-corrected chi connectivity index (χ1v) is 10.1. The monoisotopic (exact) mass is 373 g/mol. The maximum absolute atomic E-state index is 12.3. The van der Waals surface area contributed by atoms with Gasteiger partial charge >= 0.3 is 5.97 Å². The molecule has 0 aliphatic carbocycles. The highest BCUT2D eigenvalue weighted by molar-refractivity contribution is 7.90. The molecular weight excluding hydrogens is 354 g/mol. The van der Waals surface area contributed by atoms with Crippen LogP contribution in [-0.4, -0.2) is 39.2 Å². The van der Waals surface area contributed by atoms with E-state index in [0.29, 0.717) is 11.5 Å². The summed E-state index contributed by atoms with van der Waals surface area (Å²) < 4.78 is 34.3. The van der Waals surface area contributed by atoms with E-state index in [0.717, 1.165) is 11.8 Å². The van der Waals surface area contributed by atoms with Crippen LogP contribution in [0.5, 0.6) is 0 Å². The van der Waals surface area contributed by atoms with Crippen molar-refractivity contribution in [2.24, 2.45) is 4.99 Å². The van der Waals surface area contributed by atoms with Crippen LogP contribution in [0.4, 0.5) is 0 Å². The van der Waals surface area contributed by atoms with Crippen LogP contribution >= 0.6 is 0 Å². The fourth-order valence-electron chi connectivity index (χ4n) is 2.69. The molecule has 3 rings (SSSR count). The van der Waals surface area contributed by atoms with E-state index >= 15 is 0 Å². The molecule has 0 spiro atoms. The Labute approximate surface area is 152 Å². The summed E-state index contributed by atoms with van der Waals surface area (Å²) in [6, 6.07) is 14.7. The molecule has 0 N–H and O–H groups in total. The predicted octanol–water partition coefficient (Wildman–Crippen LogP) is 2.54. The van der Waals surface area contributed by atoms with Crippen LogP contribution < -0.4 is 0 Å². The molecule has 0 saturated heterocycles. The number of nitrogens with zero attached hydrogens (tertiary/aromatic N) is 1. The highest BCUT2D eigenvalue weighted by atomic mass is 32.2. The van der Waals surface area contributed by atoms with Crippen molar-refractivity contribution in [3.8, 4) is 0 Å². The molecule has 0 fully saturated rings. The lowest BCUT2D eigenvalue weighted by atomic mass is 10.0. The van der Waals surface area contributed by atoms with Crippen molar-refractivity contribution < 1.29 is 22.7 Å². The number of carbonyl (C=O) groups excluding carboxylic acids is 1. The minimum atomic E-state index is -3.30. The molecule has 1 aliphatic heterocycles. The third-order valence-electron chi connectivity index (χ3n) is 3.97. The molecule has 6 nitrogen and oxygen atoms in total. The molecule has 0 aromatic heterocycles. The van der Waals surface area contributed by atoms with Gasteiger partial charge in [-0.15, -0.1) is 0 Å². The first kappa shape index (κ1) is 18.1. The molecule has 1 heterocycles. The van der Waals surface area contributed by atoms with Gasteiger partial charge in [-0.1, -0.05) is 30.3 Å². The second-order valence-electron chi connectivity index (χ2n) is 5.88. The number of carbonyl (C=O) groups is 1. The van der Waals surface area contributed by atoms with Crippen LogP contribution in [0.25, 0.3) is 0 Å². The van der Waals surface area contributed by atoms with Crippen LogP contribution in [0.2, 0.25) is 0 Å². The van der Waals surface area contributed by atoms with E-state index in [1.165, 1.54) is 12.1 Å². The van der Waals surface area contributed by atoms with Crippen LogP contribution in [0.1, 0.15) is 24.2 Å². The molecule has 0 bridgehead atoms. The van der Waals surface area contributed by atoms with E-state index in [1.807, 2.05) is 30.3 Å². The molecule has 26 heavy (non-hydrogen) atoms. The Morgan fingerprint density at radius 3 is 2.35 bits per heavy atom. The minimum absolute atomic E-state index is 0.205. The van der Waals surface area contributed by atoms with Gasteiger partial charge in [0, 0.05) is 11.8 Å². The quantitative estimate of drug-likeness (QED) is 0.752. The Morgan fingerprint density at radius 1 is 1.12 bits per heavy atom.